The van der Waals surface area contributed by atoms with E-state index in [4.69, 9.17) is 0 Å². The summed E-state index contributed by atoms with van der Waals surface area (Å²) in [5.74, 6) is 0. The Bertz CT molecular complexity index is 364. The summed E-state index contributed by atoms with van der Waals surface area (Å²) in [4.78, 5) is 4.37. The van der Waals surface area contributed by atoms with Crippen LogP contribution in [0, 0.1) is 6.92 Å². The number of hydrogen-bond acceptors (Lipinski definition) is 3. The second kappa shape index (κ2) is 5.50. The lowest BCUT2D eigenvalue weighted by Crippen LogP contribution is -2.28. The molecule has 0 atom stereocenters. The monoisotopic (exact) mass is 235 g/mol. The minimum Gasteiger partial charge on any atom is -0.380 e. The molecule has 0 saturated heterocycles. The molecule has 0 amide bonds. The number of pyridine rings is 1. The van der Waals surface area contributed by atoms with Crippen molar-refractivity contribution in [3.8, 4) is 0 Å². The zero-order valence-electron chi connectivity index (χ0n) is 11.9. The maximum atomic E-state index is 4.37. The lowest BCUT2D eigenvalue weighted by molar-refractivity contribution is 0.584. The van der Waals surface area contributed by atoms with Crippen LogP contribution in [-0.4, -0.2) is 16.6 Å². The molecule has 0 fully saturated rings. The van der Waals surface area contributed by atoms with Gasteiger partial charge in [-0.1, -0.05) is 13.8 Å². The molecular weight excluding hydrogens is 210 g/mol. The number of anilines is 1. The Kier molecular flexibility index (Phi) is 4.52. The molecule has 0 aliphatic heterocycles. The van der Waals surface area contributed by atoms with Crippen LogP contribution in [0.2, 0.25) is 0 Å². The third kappa shape index (κ3) is 5.18. The summed E-state index contributed by atoms with van der Waals surface area (Å²) in [6, 6.07) is 2.60. The highest BCUT2D eigenvalue weighted by atomic mass is 15.0. The lowest BCUT2D eigenvalue weighted by Gasteiger charge is -2.24. The van der Waals surface area contributed by atoms with Crippen LogP contribution in [0.4, 0.5) is 5.69 Å². The SMILES string of the molecule is Cc1cc(NC(C)(C)C)c(CNC(C)C)cn1. The molecule has 0 radical (unpaired) electrons. The van der Waals surface area contributed by atoms with Crippen LogP contribution in [-0.2, 0) is 6.54 Å². The molecule has 0 aromatic carbocycles. The van der Waals surface area contributed by atoms with Gasteiger partial charge in [0, 0.05) is 41.3 Å². The Labute approximate surface area is 105 Å². The van der Waals surface area contributed by atoms with Crippen molar-refractivity contribution >= 4 is 5.69 Å². The van der Waals surface area contributed by atoms with Crippen molar-refractivity contribution in [2.75, 3.05) is 5.32 Å². The van der Waals surface area contributed by atoms with Crippen LogP contribution in [0.15, 0.2) is 12.3 Å². The number of aromatic nitrogens is 1. The molecule has 0 spiro atoms. The first-order valence-corrected chi connectivity index (χ1v) is 6.25. The number of nitrogens with zero attached hydrogens (tertiary/aromatic N) is 1. The van der Waals surface area contributed by atoms with E-state index in [1.807, 2.05) is 13.1 Å². The summed E-state index contributed by atoms with van der Waals surface area (Å²) < 4.78 is 0. The van der Waals surface area contributed by atoms with Gasteiger partial charge in [0.05, 0.1) is 0 Å². The van der Waals surface area contributed by atoms with Crippen LogP contribution in [0.3, 0.4) is 0 Å². The topological polar surface area (TPSA) is 37.0 Å². The number of nitrogens with one attached hydrogen (secondary N) is 2. The first-order chi connectivity index (χ1) is 7.78. The van der Waals surface area contributed by atoms with Gasteiger partial charge in [0.1, 0.15) is 0 Å². The second-order valence-corrected chi connectivity index (χ2v) is 5.89. The summed E-state index contributed by atoms with van der Waals surface area (Å²) in [6.07, 6.45) is 1.96. The van der Waals surface area contributed by atoms with Crippen LogP contribution >= 0.6 is 0 Å². The number of hydrogen-bond donors (Lipinski definition) is 2. The van der Waals surface area contributed by atoms with Gasteiger partial charge in [-0.25, -0.2) is 0 Å². The van der Waals surface area contributed by atoms with Gasteiger partial charge in [0.2, 0.25) is 0 Å². The maximum Gasteiger partial charge on any atom is 0.0423 e. The van der Waals surface area contributed by atoms with Gasteiger partial charge in [0.15, 0.2) is 0 Å². The molecule has 1 aromatic heterocycles. The summed E-state index contributed by atoms with van der Waals surface area (Å²) in [5, 5.41) is 6.96. The highest BCUT2D eigenvalue weighted by Gasteiger charge is 2.12. The Hall–Kier alpha value is -1.09. The molecule has 2 N–H and O–H groups in total. The molecule has 3 nitrogen and oxygen atoms in total. The van der Waals surface area contributed by atoms with E-state index < -0.39 is 0 Å². The Balaban J connectivity index is 2.88. The fourth-order valence-corrected chi connectivity index (χ4v) is 1.56. The van der Waals surface area contributed by atoms with E-state index in [0.717, 1.165) is 12.2 Å². The van der Waals surface area contributed by atoms with Gasteiger partial charge in [-0.05, 0) is 33.8 Å². The normalized spacial score (nSPS) is 11.9. The van der Waals surface area contributed by atoms with E-state index in [0.29, 0.717) is 6.04 Å². The van der Waals surface area contributed by atoms with E-state index in [1.165, 1.54) is 11.3 Å². The molecule has 0 aliphatic carbocycles. The molecule has 96 valence electrons. The Morgan fingerprint density at radius 3 is 2.47 bits per heavy atom. The van der Waals surface area contributed by atoms with E-state index in [2.05, 4.69) is 56.3 Å². The van der Waals surface area contributed by atoms with E-state index in [9.17, 15) is 0 Å². The largest absolute Gasteiger partial charge is 0.380 e. The zero-order chi connectivity index (χ0) is 13.1. The van der Waals surface area contributed by atoms with Crippen LogP contribution in [0.5, 0.6) is 0 Å². The number of rotatable bonds is 4. The lowest BCUT2D eigenvalue weighted by atomic mass is 10.1. The minimum atomic E-state index is 0.0698. The van der Waals surface area contributed by atoms with E-state index >= 15 is 0 Å². The highest BCUT2D eigenvalue weighted by molar-refractivity contribution is 5.52. The Morgan fingerprint density at radius 2 is 1.94 bits per heavy atom. The molecule has 17 heavy (non-hydrogen) atoms. The predicted molar refractivity (Wildman–Crippen MR) is 74.3 cm³/mol. The quantitative estimate of drug-likeness (QED) is 0.842. The fourth-order valence-electron chi connectivity index (χ4n) is 1.56. The molecule has 3 heteroatoms. The van der Waals surface area contributed by atoms with Crippen molar-refractivity contribution in [1.82, 2.24) is 10.3 Å². The van der Waals surface area contributed by atoms with Gasteiger partial charge < -0.3 is 10.6 Å². The summed E-state index contributed by atoms with van der Waals surface area (Å²) >= 11 is 0. The summed E-state index contributed by atoms with van der Waals surface area (Å²) in [6.45, 7) is 13.7. The average Bonchev–Trinajstić information content (AvgIpc) is 2.13. The van der Waals surface area contributed by atoms with Gasteiger partial charge in [-0.15, -0.1) is 0 Å². The van der Waals surface area contributed by atoms with Gasteiger partial charge in [-0.3, -0.25) is 4.98 Å². The molecule has 0 aliphatic rings. The molecule has 1 rings (SSSR count). The standard InChI is InChI=1S/C14H25N3/c1-10(2)15-8-12-9-16-11(3)7-13(12)17-14(4,5)6/h7,9-10,15H,8H2,1-6H3,(H,16,17). The fraction of sp³-hybridized carbons (Fsp3) is 0.643. The van der Waals surface area contributed by atoms with Crippen LogP contribution in [0.1, 0.15) is 45.9 Å². The molecular formula is C14H25N3. The molecule has 0 unspecified atom stereocenters. The first-order valence-electron chi connectivity index (χ1n) is 6.25. The molecule has 1 heterocycles. The first kappa shape index (κ1) is 14.0. The molecule has 0 saturated carbocycles. The average molecular weight is 235 g/mol. The van der Waals surface area contributed by atoms with Crippen molar-refractivity contribution in [3.05, 3.63) is 23.5 Å². The van der Waals surface area contributed by atoms with Crippen LogP contribution in [0.25, 0.3) is 0 Å². The van der Waals surface area contributed by atoms with Gasteiger partial charge >= 0.3 is 0 Å². The number of aryl methyl sites for hydroxylation is 1. The predicted octanol–water partition coefficient (Wildman–Crippen LogP) is 3.10. The highest BCUT2D eigenvalue weighted by Crippen LogP contribution is 2.20. The van der Waals surface area contributed by atoms with E-state index in [-0.39, 0.29) is 5.54 Å². The zero-order valence-corrected chi connectivity index (χ0v) is 11.9. The van der Waals surface area contributed by atoms with Crippen LogP contribution < -0.4 is 10.6 Å². The maximum absolute atomic E-state index is 4.37. The minimum absolute atomic E-state index is 0.0698. The second-order valence-electron chi connectivity index (χ2n) is 5.89. The van der Waals surface area contributed by atoms with Crippen molar-refractivity contribution in [3.63, 3.8) is 0 Å². The molecule has 1 aromatic rings. The van der Waals surface area contributed by atoms with Crippen molar-refractivity contribution in [1.29, 1.82) is 0 Å². The third-order valence-corrected chi connectivity index (χ3v) is 2.33. The van der Waals surface area contributed by atoms with Gasteiger partial charge in [-0.2, -0.15) is 0 Å². The van der Waals surface area contributed by atoms with Crippen molar-refractivity contribution in [2.45, 2.75) is 59.7 Å². The third-order valence-electron chi connectivity index (χ3n) is 2.33. The van der Waals surface area contributed by atoms with Crippen molar-refractivity contribution in [2.24, 2.45) is 0 Å². The van der Waals surface area contributed by atoms with E-state index in [1.54, 1.807) is 0 Å². The van der Waals surface area contributed by atoms with Gasteiger partial charge in [0.25, 0.3) is 0 Å². The summed E-state index contributed by atoms with van der Waals surface area (Å²) in [5.41, 5.74) is 3.52. The summed E-state index contributed by atoms with van der Waals surface area (Å²) in [7, 11) is 0. The Morgan fingerprint density at radius 1 is 1.29 bits per heavy atom. The molecule has 0 bridgehead atoms. The van der Waals surface area contributed by atoms with Crippen molar-refractivity contribution < 1.29 is 0 Å². The smallest absolute Gasteiger partial charge is 0.0423 e.